The van der Waals surface area contributed by atoms with Crippen LogP contribution in [0.25, 0.3) is 0 Å². The third kappa shape index (κ3) is 3.49. The van der Waals surface area contributed by atoms with Crippen molar-refractivity contribution in [3.05, 3.63) is 72.4 Å². The van der Waals surface area contributed by atoms with Gasteiger partial charge in [0.2, 0.25) is 0 Å². The van der Waals surface area contributed by atoms with E-state index in [-0.39, 0.29) is 0 Å². The first-order valence-electron chi connectivity index (χ1n) is 13.7. The number of allylic oxidation sites excluding steroid dienone is 10. The highest BCUT2D eigenvalue weighted by Gasteiger charge is 2.59. The molecule has 7 atom stereocenters. The Kier molecular flexibility index (Phi) is 5.79. The Morgan fingerprint density at radius 1 is 0.818 bits per heavy atom. The summed E-state index contributed by atoms with van der Waals surface area (Å²) in [5.41, 5.74) is 2.47. The zero-order valence-electron chi connectivity index (χ0n) is 20.7. The lowest BCUT2D eigenvalue weighted by atomic mass is 9.78. The van der Waals surface area contributed by atoms with E-state index >= 15 is 0 Å². The third-order valence-corrected chi connectivity index (χ3v) is 14.3. The topological polar surface area (TPSA) is 15.3 Å². The van der Waals surface area contributed by atoms with Gasteiger partial charge < -0.3 is 4.57 Å². The van der Waals surface area contributed by atoms with E-state index in [1.54, 1.807) is 5.57 Å². The monoisotopic (exact) mass is 458 g/mol. The van der Waals surface area contributed by atoms with Crippen molar-refractivity contribution < 1.29 is 0 Å². The molecule has 6 aliphatic rings. The van der Waals surface area contributed by atoms with Crippen LogP contribution >= 0.6 is 0 Å². The molecule has 2 nitrogen and oxygen atoms in total. The van der Waals surface area contributed by atoms with Gasteiger partial charge >= 0.3 is 0 Å². The van der Waals surface area contributed by atoms with E-state index in [2.05, 4.69) is 96.7 Å². The van der Waals surface area contributed by atoms with Crippen LogP contribution < -0.4 is 5.32 Å². The van der Waals surface area contributed by atoms with Gasteiger partial charge in [0.05, 0.1) is 6.17 Å². The molecule has 0 aromatic carbocycles. The lowest BCUT2D eigenvalue weighted by Gasteiger charge is -2.48. The largest absolute Gasteiger partial charge is 0.301 e. The van der Waals surface area contributed by atoms with E-state index in [0.29, 0.717) is 41.9 Å². The van der Waals surface area contributed by atoms with Crippen molar-refractivity contribution in [2.75, 3.05) is 0 Å². The molecule has 2 saturated carbocycles. The van der Waals surface area contributed by atoms with Crippen LogP contribution in [0.1, 0.15) is 45.4 Å². The van der Waals surface area contributed by atoms with Crippen LogP contribution in [0.5, 0.6) is 0 Å². The maximum Gasteiger partial charge on any atom is 0.129 e. The highest BCUT2D eigenvalue weighted by molar-refractivity contribution is 6.76. The molecular weight excluding hydrogens is 416 g/mol. The standard InChI is InChI=1S/C30H42N2Si/c1-4-28-31-29-22(21-13-6-5-7-14-21)19-12-20-27(29)32(28)33(2,3)30-25-17-10-8-15-23(25)24-16-9-11-18-26(24)30/h8-12,15-21,23-31H,4-7,13-14H2,1-3H3/t23?,24?,25?,26?,27-,28+,29?,30?/m1/s1. The maximum atomic E-state index is 4.19. The second-order valence-corrected chi connectivity index (χ2v) is 16.4. The average Bonchev–Trinajstić information content (AvgIpc) is 3.41. The maximum absolute atomic E-state index is 4.19. The van der Waals surface area contributed by atoms with Gasteiger partial charge in [0.25, 0.3) is 0 Å². The van der Waals surface area contributed by atoms with Gasteiger partial charge in [0.1, 0.15) is 8.24 Å². The van der Waals surface area contributed by atoms with Gasteiger partial charge in [-0.15, -0.1) is 0 Å². The smallest absolute Gasteiger partial charge is 0.129 e. The molecule has 5 aliphatic carbocycles. The highest BCUT2D eigenvalue weighted by Crippen LogP contribution is 2.59. The number of nitrogens with zero attached hydrogens (tertiary/aromatic N) is 1. The molecule has 5 unspecified atom stereocenters. The number of fused-ring (bicyclic) bond motifs is 4. The summed E-state index contributed by atoms with van der Waals surface area (Å²) in [4.78, 5) is 0. The first kappa shape index (κ1) is 22.1. The molecule has 176 valence electrons. The van der Waals surface area contributed by atoms with Crippen molar-refractivity contribution in [3.8, 4) is 0 Å². The van der Waals surface area contributed by atoms with Gasteiger partial charge in [-0.1, -0.05) is 106 Å². The minimum atomic E-state index is -1.80. The quantitative estimate of drug-likeness (QED) is 0.469. The van der Waals surface area contributed by atoms with Crippen molar-refractivity contribution >= 4 is 8.24 Å². The summed E-state index contributed by atoms with van der Waals surface area (Å²) >= 11 is 0. The van der Waals surface area contributed by atoms with Crippen molar-refractivity contribution in [2.24, 2.45) is 29.6 Å². The van der Waals surface area contributed by atoms with Crippen LogP contribution in [0.15, 0.2) is 72.4 Å². The number of rotatable bonds is 4. The molecular formula is C30H42N2Si. The average molecular weight is 459 g/mol. The van der Waals surface area contributed by atoms with Gasteiger partial charge in [-0.05, 0) is 60.0 Å². The highest BCUT2D eigenvalue weighted by atomic mass is 28.3. The van der Waals surface area contributed by atoms with Crippen LogP contribution in [0, 0.1) is 29.6 Å². The third-order valence-electron chi connectivity index (χ3n) is 9.99. The molecule has 3 heteroatoms. The second-order valence-electron chi connectivity index (χ2n) is 11.9. The van der Waals surface area contributed by atoms with Gasteiger partial charge in [0, 0.05) is 12.1 Å². The minimum absolute atomic E-state index is 0.500. The predicted octanol–water partition coefficient (Wildman–Crippen LogP) is 6.75. The normalized spacial score (nSPS) is 42.3. The molecule has 3 fully saturated rings. The molecule has 0 amide bonds. The fourth-order valence-corrected chi connectivity index (χ4v) is 13.7. The van der Waals surface area contributed by atoms with Crippen molar-refractivity contribution in [1.29, 1.82) is 0 Å². The van der Waals surface area contributed by atoms with Gasteiger partial charge in [-0.2, -0.15) is 0 Å². The Labute approximate surface area is 202 Å². The molecule has 1 heterocycles. The van der Waals surface area contributed by atoms with E-state index in [9.17, 15) is 0 Å². The fraction of sp³-hybridized carbons (Fsp3) is 0.600. The Bertz CT molecular complexity index is 897. The summed E-state index contributed by atoms with van der Waals surface area (Å²) in [5, 5.41) is 4.19. The van der Waals surface area contributed by atoms with Gasteiger partial charge in [0.15, 0.2) is 0 Å². The van der Waals surface area contributed by atoms with E-state index < -0.39 is 8.24 Å². The number of nitrogens with one attached hydrogen (secondary N) is 1. The van der Waals surface area contributed by atoms with E-state index in [0.717, 1.165) is 11.5 Å². The van der Waals surface area contributed by atoms with Crippen LogP contribution in [0.2, 0.25) is 18.6 Å². The molecule has 0 aromatic rings. The van der Waals surface area contributed by atoms with Gasteiger partial charge in [-0.25, -0.2) is 0 Å². The van der Waals surface area contributed by atoms with E-state index in [1.165, 1.54) is 38.5 Å². The zero-order valence-corrected chi connectivity index (χ0v) is 21.7. The second kappa shape index (κ2) is 8.66. The SMILES string of the molecule is CC[C@H]1NC2C(C3CCCCC3)=CC=C[C@H]2N1[Si](C)(C)C1C2C=CC=CC2C2C=CC=CC21. The first-order valence-corrected chi connectivity index (χ1v) is 16.8. The molecule has 0 bridgehead atoms. The predicted molar refractivity (Wildman–Crippen MR) is 142 cm³/mol. The summed E-state index contributed by atoms with van der Waals surface area (Å²) in [7, 11) is -1.80. The Morgan fingerprint density at radius 3 is 2.03 bits per heavy atom. The van der Waals surface area contributed by atoms with Gasteiger partial charge in [-0.3, -0.25) is 5.32 Å². The Balaban J connectivity index is 1.34. The minimum Gasteiger partial charge on any atom is -0.301 e. The molecule has 6 rings (SSSR count). The van der Waals surface area contributed by atoms with E-state index in [4.69, 9.17) is 0 Å². The molecule has 0 aromatic heterocycles. The molecule has 1 N–H and O–H groups in total. The summed E-state index contributed by atoms with van der Waals surface area (Å²) in [5.74, 6) is 3.49. The zero-order chi connectivity index (χ0) is 22.6. The summed E-state index contributed by atoms with van der Waals surface area (Å²) in [6.07, 6.45) is 35.6. The Hall–Kier alpha value is -1.42. The Morgan fingerprint density at radius 2 is 1.42 bits per heavy atom. The van der Waals surface area contributed by atoms with Crippen LogP contribution in [-0.2, 0) is 0 Å². The van der Waals surface area contributed by atoms with Crippen LogP contribution in [0.3, 0.4) is 0 Å². The molecule has 0 spiro atoms. The first-order chi connectivity index (χ1) is 16.1. The lowest BCUT2D eigenvalue weighted by molar-refractivity contribution is 0.311. The summed E-state index contributed by atoms with van der Waals surface area (Å²) in [6.45, 7) is 7.80. The van der Waals surface area contributed by atoms with Crippen LogP contribution in [0.4, 0.5) is 0 Å². The summed E-state index contributed by atoms with van der Waals surface area (Å²) in [6, 6.07) is 1.05. The number of hydrogen-bond acceptors (Lipinski definition) is 2. The van der Waals surface area contributed by atoms with Crippen molar-refractivity contribution in [2.45, 2.75) is 82.3 Å². The lowest BCUT2D eigenvalue weighted by Crippen LogP contribution is -2.60. The van der Waals surface area contributed by atoms with E-state index in [1.807, 2.05) is 0 Å². The van der Waals surface area contributed by atoms with Crippen molar-refractivity contribution in [3.63, 3.8) is 0 Å². The molecule has 1 aliphatic heterocycles. The van der Waals surface area contributed by atoms with Crippen LogP contribution in [-0.4, -0.2) is 31.1 Å². The molecule has 33 heavy (non-hydrogen) atoms. The summed E-state index contributed by atoms with van der Waals surface area (Å²) < 4.78 is 3.05. The molecule has 0 radical (unpaired) electrons. The fourth-order valence-electron chi connectivity index (χ4n) is 8.70. The number of hydrogen-bond donors (Lipinski definition) is 1. The molecule has 1 saturated heterocycles. The van der Waals surface area contributed by atoms with Crippen molar-refractivity contribution in [1.82, 2.24) is 9.88 Å².